The van der Waals surface area contributed by atoms with E-state index in [1.54, 1.807) is 24.3 Å². The van der Waals surface area contributed by atoms with Gasteiger partial charge in [-0.2, -0.15) is 0 Å². The van der Waals surface area contributed by atoms with Crippen LogP contribution in [0.2, 0.25) is 0 Å². The molecule has 0 spiro atoms. The van der Waals surface area contributed by atoms with E-state index >= 15 is 0 Å². The Kier molecular flexibility index (Phi) is 12.4. The third-order valence-electron chi connectivity index (χ3n) is 6.82. The van der Waals surface area contributed by atoms with Crippen LogP contribution in [-0.4, -0.2) is 31.0 Å². The largest absolute Gasteiger partial charge is 0.489 e. The zero-order valence-electron chi connectivity index (χ0n) is 24.5. The highest BCUT2D eigenvalue weighted by molar-refractivity contribution is 5.87. The number of fused-ring (bicyclic) bond motifs is 1. The molecule has 0 radical (unpaired) electrons. The molecule has 2 aromatic carbocycles. The standard InChI is InChI=1S/C35H43NO5/c1-7-13-14-26(12-6)25-36-30-24-28(38-19-8-2)16-17-29(30)34(37)35(41-22-11-5)33(36)27-15-18-31(39-20-9-3)32(23-27)40-21-10-4/h8-11,15-18,23-24,26H,2-5,7,12-14,19-22,25H2,1,6H3. The lowest BCUT2D eigenvalue weighted by molar-refractivity contribution is 0.308. The molecular weight excluding hydrogens is 514 g/mol. The third kappa shape index (κ3) is 7.94. The van der Waals surface area contributed by atoms with Crippen molar-refractivity contribution in [2.24, 2.45) is 5.92 Å². The molecule has 3 rings (SSSR count). The number of pyridine rings is 1. The molecule has 0 fully saturated rings. The van der Waals surface area contributed by atoms with Gasteiger partial charge in [-0.15, -0.1) is 0 Å². The summed E-state index contributed by atoms with van der Waals surface area (Å²) in [6.07, 6.45) is 11.0. The van der Waals surface area contributed by atoms with E-state index in [4.69, 9.17) is 18.9 Å². The number of hydrogen-bond acceptors (Lipinski definition) is 5. The van der Waals surface area contributed by atoms with Crippen LogP contribution in [0.3, 0.4) is 0 Å². The highest BCUT2D eigenvalue weighted by Crippen LogP contribution is 2.38. The van der Waals surface area contributed by atoms with Crippen LogP contribution in [0.15, 0.2) is 91.8 Å². The van der Waals surface area contributed by atoms with Gasteiger partial charge in [-0.05, 0) is 42.7 Å². The summed E-state index contributed by atoms with van der Waals surface area (Å²) in [5.41, 5.74) is 2.05. The zero-order chi connectivity index (χ0) is 29.6. The maximum Gasteiger partial charge on any atom is 0.231 e. The van der Waals surface area contributed by atoms with Crippen LogP contribution in [0.1, 0.15) is 39.5 Å². The quantitative estimate of drug-likeness (QED) is 0.139. The van der Waals surface area contributed by atoms with Crippen molar-refractivity contribution in [2.45, 2.75) is 46.1 Å². The number of benzene rings is 2. The average molecular weight is 558 g/mol. The van der Waals surface area contributed by atoms with Crippen molar-refractivity contribution in [3.8, 4) is 34.3 Å². The van der Waals surface area contributed by atoms with Crippen LogP contribution in [0.4, 0.5) is 0 Å². The Hall–Kier alpha value is -4.19. The van der Waals surface area contributed by atoms with E-state index in [-0.39, 0.29) is 17.8 Å². The van der Waals surface area contributed by atoms with Gasteiger partial charge in [0.1, 0.15) is 32.2 Å². The Morgan fingerprint density at radius 1 is 0.805 bits per heavy atom. The number of nitrogens with zero attached hydrogens (tertiary/aromatic N) is 1. The second kappa shape index (κ2) is 16.2. The minimum absolute atomic E-state index is 0.189. The van der Waals surface area contributed by atoms with Crippen LogP contribution >= 0.6 is 0 Å². The fraction of sp³-hybridized carbons (Fsp3) is 0.343. The SMILES string of the molecule is C=CCOc1ccc2c(=O)c(OCC=C)c(-c3ccc(OCC=C)c(OCC=C)c3)n(CC(CC)CCCC)c2c1. The number of aromatic nitrogens is 1. The molecule has 0 saturated carbocycles. The Morgan fingerprint density at radius 2 is 1.46 bits per heavy atom. The van der Waals surface area contributed by atoms with Gasteiger partial charge in [0.05, 0.1) is 11.2 Å². The minimum atomic E-state index is -0.189. The molecular formula is C35H43NO5. The van der Waals surface area contributed by atoms with Crippen LogP contribution in [0.5, 0.6) is 23.0 Å². The van der Waals surface area contributed by atoms with Gasteiger partial charge in [-0.3, -0.25) is 4.79 Å². The van der Waals surface area contributed by atoms with Crippen LogP contribution < -0.4 is 24.4 Å². The van der Waals surface area contributed by atoms with E-state index in [0.717, 1.165) is 36.8 Å². The first-order valence-corrected chi connectivity index (χ1v) is 14.3. The third-order valence-corrected chi connectivity index (χ3v) is 6.82. The molecule has 218 valence electrons. The lowest BCUT2D eigenvalue weighted by atomic mass is 9.97. The van der Waals surface area contributed by atoms with E-state index in [2.05, 4.69) is 44.7 Å². The summed E-state index contributed by atoms with van der Waals surface area (Å²) in [4.78, 5) is 14.0. The van der Waals surface area contributed by atoms with Crippen molar-refractivity contribution in [2.75, 3.05) is 26.4 Å². The molecule has 0 N–H and O–H groups in total. The van der Waals surface area contributed by atoms with Crippen LogP contribution in [0.25, 0.3) is 22.2 Å². The molecule has 1 heterocycles. The van der Waals surface area contributed by atoms with Crippen molar-refractivity contribution >= 4 is 10.9 Å². The molecule has 0 amide bonds. The Labute approximate surface area is 244 Å². The fourth-order valence-corrected chi connectivity index (χ4v) is 4.76. The molecule has 41 heavy (non-hydrogen) atoms. The monoisotopic (exact) mass is 557 g/mol. The van der Waals surface area contributed by atoms with Crippen molar-refractivity contribution in [3.05, 3.63) is 97.2 Å². The molecule has 0 aliphatic rings. The molecule has 6 heteroatoms. The first-order valence-electron chi connectivity index (χ1n) is 14.3. The predicted molar refractivity (Wildman–Crippen MR) is 170 cm³/mol. The van der Waals surface area contributed by atoms with Crippen molar-refractivity contribution in [3.63, 3.8) is 0 Å². The molecule has 0 aliphatic heterocycles. The second-order valence-corrected chi connectivity index (χ2v) is 9.77. The molecule has 1 unspecified atom stereocenters. The van der Waals surface area contributed by atoms with Crippen LogP contribution in [-0.2, 0) is 6.54 Å². The molecule has 0 saturated heterocycles. The maximum atomic E-state index is 14.0. The highest BCUT2D eigenvalue weighted by Gasteiger charge is 2.23. The smallest absolute Gasteiger partial charge is 0.231 e. The first-order chi connectivity index (χ1) is 20.0. The van der Waals surface area contributed by atoms with Crippen molar-refractivity contribution < 1.29 is 18.9 Å². The van der Waals surface area contributed by atoms with Gasteiger partial charge in [-0.1, -0.05) is 83.7 Å². The van der Waals surface area contributed by atoms with E-state index in [1.165, 1.54) is 0 Å². The van der Waals surface area contributed by atoms with E-state index in [1.807, 2.05) is 36.4 Å². The molecule has 3 aromatic rings. The topological polar surface area (TPSA) is 58.9 Å². The summed E-state index contributed by atoms with van der Waals surface area (Å²) < 4.78 is 26.1. The van der Waals surface area contributed by atoms with Crippen LogP contribution in [0, 0.1) is 5.92 Å². The maximum absolute atomic E-state index is 14.0. The summed E-state index contributed by atoms with van der Waals surface area (Å²) in [6.45, 7) is 21.4. The Balaban J connectivity index is 2.38. The fourth-order valence-electron chi connectivity index (χ4n) is 4.76. The van der Waals surface area contributed by atoms with Gasteiger partial charge < -0.3 is 23.5 Å². The summed E-state index contributed by atoms with van der Waals surface area (Å²) in [7, 11) is 0. The van der Waals surface area contributed by atoms with Gasteiger partial charge in [0.25, 0.3) is 0 Å². The number of unbranched alkanes of at least 4 members (excludes halogenated alkanes) is 1. The summed E-state index contributed by atoms with van der Waals surface area (Å²) >= 11 is 0. The van der Waals surface area contributed by atoms with E-state index in [9.17, 15) is 4.79 Å². The molecule has 6 nitrogen and oxygen atoms in total. The summed E-state index contributed by atoms with van der Waals surface area (Å²) in [6, 6.07) is 11.2. The Bertz CT molecular complexity index is 1400. The van der Waals surface area contributed by atoms with E-state index < -0.39 is 0 Å². The number of hydrogen-bond donors (Lipinski definition) is 0. The van der Waals surface area contributed by atoms with Gasteiger partial charge in [0, 0.05) is 23.6 Å². The molecule has 1 aromatic heterocycles. The predicted octanol–water partition coefficient (Wildman–Crippen LogP) is 8.14. The van der Waals surface area contributed by atoms with Crippen molar-refractivity contribution in [1.29, 1.82) is 0 Å². The van der Waals surface area contributed by atoms with Crippen molar-refractivity contribution in [1.82, 2.24) is 4.57 Å². The normalized spacial score (nSPS) is 11.5. The molecule has 1 atom stereocenters. The summed E-state index contributed by atoms with van der Waals surface area (Å²) in [5, 5.41) is 0.568. The minimum Gasteiger partial charge on any atom is -0.489 e. The zero-order valence-corrected chi connectivity index (χ0v) is 24.5. The lowest BCUT2D eigenvalue weighted by Gasteiger charge is -2.25. The van der Waals surface area contributed by atoms with E-state index in [0.29, 0.717) is 60.6 Å². The average Bonchev–Trinajstić information content (AvgIpc) is 3.00. The summed E-state index contributed by atoms with van der Waals surface area (Å²) in [5.74, 6) is 2.46. The number of ether oxygens (including phenoxy) is 4. The van der Waals surface area contributed by atoms with Gasteiger partial charge in [0.2, 0.25) is 5.43 Å². The molecule has 0 aliphatic carbocycles. The second-order valence-electron chi connectivity index (χ2n) is 9.77. The lowest BCUT2D eigenvalue weighted by Crippen LogP contribution is -2.20. The van der Waals surface area contributed by atoms with Gasteiger partial charge in [-0.25, -0.2) is 0 Å². The number of rotatable bonds is 19. The highest BCUT2D eigenvalue weighted by atomic mass is 16.5. The first kappa shape index (κ1) is 31.3. The molecule has 0 bridgehead atoms. The Morgan fingerprint density at radius 3 is 2.12 bits per heavy atom. The van der Waals surface area contributed by atoms with Gasteiger partial charge >= 0.3 is 0 Å². The van der Waals surface area contributed by atoms with Gasteiger partial charge in [0.15, 0.2) is 17.2 Å².